The molecule has 0 fully saturated rings. The van der Waals surface area contributed by atoms with Crippen LogP contribution < -0.4 is 10.3 Å². The number of hydrogen-bond donors (Lipinski definition) is 1. The summed E-state index contributed by atoms with van der Waals surface area (Å²) in [5.41, 5.74) is 0.401. The Bertz CT molecular complexity index is 565. The van der Waals surface area contributed by atoms with Gasteiger partial charge < -0.3 is 5.32 Å². The predicted octanol–water partition coefficient (Wildman–Crippen LogP) is 0.705. The van der Waals surface area contributed by atoms with E-state index >= 15 is 0 Å². The van der Waals surface area contributed by atoms with E-state index in [1.807, 2.05) is 0 Å². The highest BCUT2D eigenvalue weighted by Gasteiger charge is 2.35. The van der Waals surface area contributed by atoms with Gasteiger partial charge in [0.25, 0.3) is 5.78 Å². The van der Waals surface area contributed by atoms with Gasteiger partial charge in [-0.2, -0.15) is 5.01 Å². The zero-order chi connectivity index (χ0) is 13.3. The van der Waals surface area contributed by atoms with Crippen LogP contribution in [-0.2, 0) is 14.4 Å². The number of halogens is 1. The Morgan fingerprint density at radius 1 is 1.28 bits per heavy atom. The number of anilines is 1. The summed E-state index contributed by atoms with van der Waals surface area (Å²) < 4.78 is 0. The number of amidine groups is 1. The maximum Gasteiger partial charge on any atom is 0.323 e. The van der Waals surface area contributed by atoms with Gasteiger partial charge >= 0.3 is 5.91 Å². The first-order valence-corrected chi connectivity index (χ1v) is 5.37. The van der Waals surface area contributed by atoms with Gasteiger partial charge in [-0.1, -0.05) is 11.6 Å². The molecule has 1 aliphatic rings. The van der Waals surface area contributed by atoms with Crippen LogP contribution in [0.25, 0.3) is 0 Å². The minimum absolute atomic E-state index is 0.276. The number of carbonyl (C=O) groups excluding carboxylic acids is 3. The van der Waals surface area contributed by atoms with Crippen molar-refractivity contribution in [3.8, 4) is 0 Å². The monoisotopic (exact) mass is 265 g/mol. The Hall–Kier alpha value is -2.21. The molecule has 2 amide bonds. The lowest BCUT2D eigenvalue weighted by Gasteiger charge is -2.09. The number of hydrazone groups is 1. The van der Waals surface area contributed by atoms with Gasteiger partial charge in [-0.15, -0.1) is 5.10 Å². The van der Waals surface area contributed by atoms with Crippen molar-refractivity contribution in [2.45, 2.75) is 6.92 Å². The Balaban J connectivity index is 2.31. The Labute approximate surface area is 107 Å². The fourth-order valence-corrected chi connectivity index (χ4v) is 1.52. The highest BCUT2D eigenvalue weighted by Crippen LogP contribution is 2.21. The van der Waals surface area contributed by atoms with Crippen molar-refractivity contribution in [1.29, 1.82) is 0 Å². The van der Waals surface area contributed by atoms with E-state index in [4.69, 9.17) is 11.6 Å². The zero-order valence-electron chi connectivity index (χ0n) is 9.31. The summed E-state index contributed by atoms with van der Waals surface area (Å²) >= 11 is 5.72. The van der Waals surface area contributed by atoms with Crippen LogP contribution in [0.5, 0.6) is 0 Å². The third kappa shape index (κ3) is 2.23. The number of nitrogens with zero attached hydrogens (tertiary/aromatic N) is 2. The molecule has 1 N–H and O–H groups in total. The number of nitrogens with one attached hydrogen (secondary N) is 1. The second kappa shape index (κ2) is 4.58. The largest absolute Gasteiger partial charge is 0.323 e. The summed E-state index contributed by atoms with van der Waals surface area (Å²) in [5, 5.41) is 7.40. The number of ketones is 1. The molecule has 0 aliphatic carbocycles. The second-order valence-corrected chi connectivity index (χ2v) is 3.99. The molecule has 0 radical (unpaired) electrons. The molecule has 1 aliphatic heterocycles. The molecule has 0 unspecified atom stereocenters. The maximum absolute atomic E-state index is 11.7. The fourth-order valence-electron chi connectivity index (χ4n) is 1.39. The van der Waals surface area contributed by atoms with E-state index in [1.54, 1.807) is 24.3 Å². The number of carbonyl (C=O) groups is 3. The molecule has 2 rings (SSSR count). The third-order valence-corrected chi connectivity index (χ3v) is 2.42. The molecule has 1 heterocycles. The average Bonchev–Trinajstić information content (AvgIpc) is 2.58. The lowest BCUT2D eigenvalue weighted by Crippen LogP contribution is -2.35. The van der Waals surface area contributed by atoms with Gasteiger partial charge in [-0.05, 0) is 24.3 Å². The van der Waals surface area contributed by atoms with Gasteiger partial charge in [0.05, 0.1) is 5.69 Å². The number of benzene rings is 1. The van der Waals surface area contributed by atoms with Crippen molar-refractivity contribution >= 4 is 40.7 Å². The molecule has 0 atom stereocenters. The number of Topliss-reactive ketones (excluding diaryl/α,β-unsaturated/α-hetero) is 1. The van der Waals surface area contributed by atoms with Crippen molar-refractivity contribution in [3.05, 3.63) is 29.3 Å². The summed E-state index contributed by atoms with van der Waals surface area (Å²) in [6, 6.07) is 6.24. The molecule has 0 saturated carbocycles. The molecule has 18 heavy (non-hydrogen) atoms. The summed E-state index contributed by atoms with van der Waals surface area (Å²) in [6.45, 7) is 1.23. The summed E-state index contributed by atoms with van der Waals surface area (Å²) in [6.07, 6.45) is 0. The first-order valence-electron chi connectivity index (χ1n) is 4.99. The van der Waals surface area contributed by atoms with Crippen LogP contribution in [0.4, 0.5) is 5.69 Å². The van der Waals surface area contributed by atoms with Crippen molar-refractivity contribution in [2.24, 2.45) is 5.10 Å². The van der Waals surface area contributed by atoms with Crippen LogP contribution in [0, 0.1) is 0 Å². The second-order valence-electron chi connectivity index (χ2n) is 3.55. The van der Waals surface area contributed by atoms with E-state index in [2.05, 4.69) is 10.4 Å². The molecule has 1 aromatic rings. The van der Waals surface area contributed by atoms with Gasteiger partial charge in [0.15, 0.2) is 0 Å². The zero-order valence-corrected chi connectivity index (χ0v) is 10.1. The smallest absolute Gasteiger partial charge is 0.306 e. The summed E-state index contributed by atoms with van der Waals surface area (Å²) in [5.74, 6) is -2.41. The van der Waals surface area contributed by atoms with Crippen molar-refractivity contribution in [3.63, 3.8) is 0 Å². The van der Waals surface area contributed by atoms with Gasteiger partial charge in [0, 0.05) is 11.9 Å². The van der Waals surface area contributed by atoms with Crippen LogP contribution in [0.15, 0.2) is 29.4 Å². The molecular formula is C11H8ClN3O3. The molecular weight excluding hydrogens is 258 g/mol. The molecule has 6 nitrogen and oxygen atoms in total. The summed E-state index contributed by atoms with van der Waals surface area (Å²) in [7, 11) is 0. The van der Waals surface area contributed by atoms with Crippen LogP contribution in [-0.4, -0.2) is 23.4 Å². The average molecular weight is 266 g/mol. The molecule has 7 heteroatoms. The topological polar surface area (TPSA) is 78.8 Å². The van der Waals surface area contributed by atoms with Gasteiger partial charge in [-0.3, -0.25) is 14.4 Å². The Morgan fingerprint density at radius 2 is 1.89 bits per heavy atom. The van der Waals surface area contributed by atoms with Crippen molar-refractivity contribution < 1.29 is 14.4 Å². The predicted molar refractivity (Wildman–Crippen MR) is 65.2 cm³/mol. The number of hydrogen-bond acceptors (Lipinski definition) is 4. The highest BCUT2D eigenvalue weighted by atomic mass is 35.5. The van der Waals surface area contributed by atoms with Crippen LogP contribution in [0.2, 0.25) is 5.02 Å². The molecule has 0 bridgehead atoms. The standard InChI is InChI=1S/C11H8ClN3O3/c1-6(16)13-10-9(17)11(18)15(14-10)8-4-2-7(12)3-5-8/h2-5H,1H3,(H,13,14,16). The molecule has 1 aromatic carbocycles. The van der Waals surface area contributed by atoms with Gasteiger partial charge in [0.1, 0.15) is 0 Å². The lowest BCUT2D eigenvalue weighted by molar-refractivity contribution is -0.131. The first-order chi connectivity index (χ1) is 8.49. The Kier molecular flexibility index (Phi) is 3.12. The maximum atomic E-state index is 11.7. The van der Waals surface area contributed by atoms with E-state index in [0.29, 0.717) is 10.7 Å². The van der Waals surface area contributed by atoms with Crippen molar-refractivity contribution in [2.75, 3.05) is 5.01 Å². The molecule has 92 valence electrons. The van der Waals surface area contributed by atoms with E-state index < -0.39 is 17.6 Å². The minimum atomic E-state index is -0.847. The minimum Gasteiger partial charge on any atom is -0.306 e. The van der Waals surface area contributed by atoms with E-state index in [9.17, 15) is 14.4 Å². The number of rotatable bonds is 1. The fraction of sp³-hybridized carbons (Fsp3) is 0.0909. The van der Waals surface area contributed by atoms with Gasteiger partial charge in [-0.25, -0.2) is 0 Å². The Morgan fingerprint density at radius 3 is 2.44 bits per heavy atom. The molecule has 0 aromatic heterocycles. The lowest BCUT2D eigenvalue weighted by atomic mass is 10.3. The van der Waals surface area contributed by atoms with E-state index in [1.165, 1.54) is 6.92 Å². The third-order valence-electron chi connectivity index (χ3n) is 2.17. The quantitative estimate of drug-likeness (QED) is 0.760. The van der Waals surface area contributed by atoms with E-state index in [-0.39, 0.29) is 5.84 Å². The van der Waals surface area contributed by atoms with E-state index in [0.717, 1.165) is 5.01 Å². The molecule has 0 spiro atoms. The molecule has 0 saturated heterocycles. The van der Waals surface area contributed by atoms with Crippen LogP contribution >= 0.6 is 11.6 Å². The van der Waals surface area contributed by atoms with Crippen LogP contribution in [0.1, 0.15) is 6.92 Å². The highest BCUT2D eigenvalue weighted by molar-refractivity contribution is 6.69. The number of amides is 2. The SMILES string of the molecule is CC(=O)NC1=NN(c2ccc(Cl)cc2)C(=O)C1=O. The summed E-state index contributed by atoms with van der Waals surface area (Å²) in [4.78, 5) is 34.0. The first kappa shape index (κ1) is 12.3. The van der Waals surface area contributed by atoms with Gasteiger partial charge in [0.2, 0.25) is 11.7 Å². The van der Waals surface area contributed by atoms with Crippen LogP contribution in [0.3, 0.4) is 0 Å². The normalized spacial score (nSPS) is 14.8. The van der Waals surface area contributed by atoms with Crippen molar-refractivity contribution in [1.82, 2.24) is 5.32 Å².